The standard InChI is InChI=1S/C23H25N3O3/c1-5-26(4)14-24-20-12-16(2)19(11-17(20)3)23(27)28-13-21-22(29-15-25-21)18-9-7-6-8-10-18/h6-12,14-15H,5,13H2,1-4H3/b24-14+. The van der Waals surface area contributed by atoms with E-state index in [4.69, 9.17) is 9.15 Å². The van der Waals surface area contributed by atoms with E-state index in [1.165, 1.54) is 6.39 Å². The quantitative estimate of drug-likeness (QED) is 0.325. The fourth-order valence-electron chi connectivity index (χ4n) is 2.81. The highest BCUT2D eigenvalue weighted by atomic mass is 16.5. The number of carbonyl (C=O) groups excluding carboxylic acids is 1. The molecule has 0 radical (unpaired) electrons. The Bertz CT molecular complexity index is 1010. The summed E-state index contributed by atoms with van der Waals surface area (Å²) < 4.78 is 11.0. The Labute approximate surface area is 170 Å². The first kappa shape index (κ1) is 20.3. The number of aryl methyl sites for hydroxylation is 2. The number of hydrogen-bond donors (Lipinski definition) is 0. The summed E-state index contributed by atoms with van der Waals surface area (Å²) in [6.45, 7) is 6.78. The molecule has 0 N–H and O–H groups in total. The minimum Gasteiger partial charge on any atom is -0.455 e. The van der Waals surface area contributed by atoms with Gasteiger partial charge in [-0.1, -0.05) is 30.3 Å². The van der Waals surface area contributed by atoms with Crippen LogP contribution in [-0.2, 0) is 11.3 Å². The molecular weight excluding hydrogens is 366 g/mol. The number of nitrogens with zero attached hydrogens (tertiary/aromatic N) is 3. The van der Waals surface area contributed by atoms with E-state index in [2.05, 4.69) is 16.9 Å². The summed E-state index contributed by atoms with van der Waals surface area (Å²) in [5.41, 5.74) is 4.56. The van der Waals surface area contributed by atoms with Crippen molar-refractivity contribution in [2.75, 3.05) is 13.6 Å². The highest BCUT2D eigenvalue weighted by Gasteiger charge is 2.16. The summed E-state index contributed by atoms with van der Waals surface area (Å²) in [5.74, 6) is 0.213. The maximum Gasteiger partial charge on any atom is 0.338 e. The van der Waals surface area contributed by atoms with E-state index in [1.807, 2.05) is 68.3 Å². The van der Waals surface area contributed by atoms with Gasteiger partial charge in [0.2, 0.25) is 0 Å². The van der Waals surface area contributed by atoms with Crippen molar-refractivity contribution in [3.8, 4) is 11.3 Å². The number of benzene rings is 2. The van der Waals surface area contributed by atoms with Crippen molar-refractivity contribution in [3.05, 3.63) is 71.2 Å². The normalized spacial score (nSPS) is 11.0. The second-order valence-corrected chi connectivity index (χ2v) is 6.84. The van der Waals surface area contributed by atoms with Crippen LogP contribution in [-0.4, -0.2) is 35.8 Å². The Balaban J connectivity index is 1.73. The zero-order valence-corrected chi connectivity index (χ0v) is 17.2. The molecule has 6 nitrogen and oxygen atoms in total. The van der Waals surface area contributed by atoms with Gasteiger partial charge >= 0.3 is 5.97 Å². The molecule has 0 aliphatic heterocycles. The highest BCUT2D eigenvalue weighted by Crippen LogP contribution is 2.26. The predicted molar refractivity (Wildman–Crippen MR) is 113 cm³/mol. The molecule has 0 saturated carbocycles. The third-order valence-electron chi connectivity index (χ3n) is 4.67. The fourth-order valence-corrected chi connectivity index (χ4v) is 2.81. The summed E-state index contributed by atoms with van der Waals surface area (Å²) in [5, 5.41) is 0. The van der Waals surface area contributed by atoms with Gasteiger partial charge in [-0.05, 0) is 44.0 Å². The van der Waals surface area contributed by atoms with E-state index in [9.17, 15) is 4.79 Å². The molecule has 1 aromatic heterocycles. The average Bonchev–Trinajstić information content (AvgIpc) is 3.21. The van der Waals surface area contributed by atoms with Crippen LogP contribution in [0.5, 0.6) is 0 Å². The van der Waals surface area contributed by atoms with Gasteiger partial charge in [-0.15, -0.1) is 0 Å². The molecule has 0 aliphatic carbocycles. The minimum absolute atomic E-state index is 0.0409. The number of aromatic nitrogens is 1. The van der Waals surface area contributed by atoms with Crippen LogP contribution in [0.2, 0.25) is 0 Å². The van der Waals surface area contributed by atoms with Crippen molar-refractivity contribution in [1.82, 2.24) is 9.88 Å². The molecule has 0 atom stereocenters. The maximum atomic E-state index is 12.7. The number of ether oxygens (including phenoxy) is 1. The summed E-state index contributed by atoms with van der Waals surface area (Å²) >= 11 is 0. The van der Waals surface area contributed by atoms with Crippen LogP contribution in [0.25, 0.3) is 11.3 Å². The molecule has 29 heavy (non-hydrogen) atoms. The van der Waals surface area contributed by atoms with Crippen molar-refractivity contribution in [1.29, 1.82) is 0 Å². The SMILES string of the molecule is CCN(C)/C=N/c1cc(C)c(C(=O)OCc2ncoc2-c2ccccc2)cc1C. The van der Waals surface area contributed by atoms with Crippen LogP contribution >= 0.6 is 0 Å². The lowest BCUT2D eigenvalue weighted by Crippen LogP contribution is -2.14. The van der Waals surface area contributed by atoms with Crippen LogP contribution in [0.15, 0.2) is 58.3 Å². The molecule has 150 valence electrons. The topological polar surface area (TPSA) is 67.9 Å². The highest BCUT2D eigenvalue weighted by molar-refractivity contribution is 5.92. The third-order valence-corrected chi connectivity index (χ3v) is 4.67. The number of esters is 1. The zero-order valence-electron chi connectivity index (χ0n) is 17.2. The van der Waals surface area contributed by atoms with Gasteiger partial charge in [0.05, 0.1) is 17.6 Å². The Morgan fingerprint density at radius 1 is 1.21 bits per heavy atom. The number of carbonyl (C=O) groups is 1. The molecule has 0 unspecified atom stereocenters. The van der Waals surface area contributed by atoms with Crippen LogP contribution in [0.3, 0.4) is 0 Å². The first-order chi connectivity index (χ1) is 14.0. The van der Waals surface area contributed by atoms with Gasteiger partial charge in [0.25, 0.3) is 0 Å². The van der Waals surface area contributed by atoms with Crippen molar-refractivity contribution in [3.63, 3.8) is 0 Å². The summed E-state index contributed by atoms with van der Waals surface area (Å²) in [6, 6.07) is 13.3. The smallest absolute Gasteiger partial charge is 0.338 e. The van der Waals surface area contributed by atoms with E-state index >= 15 is 0 Å². The molecule has 0 aliphatic rings. The monoisotopic (exact) mass is 391 g/mol. The number of oxazole rings is 1. The molecule has 3 aromatic rings. The van der Waals surface area contributed by atoms with E-state index in [-0.39, 0.29) is 6.61 Å². The van der Waals surface area contributed by atoms with Crippen molar-refractivity contribution in [2.24, 2.45) is 4.99 Å². The summed E-state index contributed by atoms with van der Waals surface area (Å²) in [4.78, 5) is 23.3. The third kappa shape index (κ3) is 4.90. The Morgan fingerprint density at radius 3 is 2.69 bits per heavy atom. The first-order valence-corrected chi connectivity index (χ1v) is 9.50. The van der Waals surface area contributed by atoms with Crippen LogP contribution < -0.4 is 0 Å². The average molecular weight is 391 g/mol. The van der Waals surface area contributed by atoms with Crippen molar-refractivity contribution >= 4 is 18.0 Å². The zero-order chi connectivity index (χ0) is 20.8. The molecule has 0 bridgehead atoms. The molecule has 6 heteroatoms. The molecule has 0 saturated heterocycles. The van der Waals surface area contributed by atoms with Gasteiger partial charge in [-0.25, -0.2) is 14.8 Å². The summed E-state index contributed by atoms with van der Waals surface area (Å²) in [7, 11) is 1.96. The Hall–Kier alpha value is -3.41. The van der Waals surface area contributed by atoms with E-state index in [0.29, 0.717) is 17.0 Å². The number of rotatable bonds is 7. The van der Waals surface area contributed by atoms with Gasteiger partial charge in [0.1, 0.15) is 12.3 Å². The molecule has 3 rings (SSSR count). The molecule has 0 fully saturated rings. The van der Waals surface area contributed by atoms with Crippen molar-refractivity contribution in [2.45, 2.75) is 27.4 Å². The predicted octanol–water partition coefficient (Wildman–Crippen LogP) is 4.93. The van der Waals surface area contributed by atoms with Gasteiger partial charge < -0.3 is 14.1 Å². The van der Waals surface area contributed by atoms with Gasteiger partial charge in [0, 0.05) is 19.2 Å². The molecule has 0 amide bonds. The molecule has 2 aromatic carbocycles. The summed E-state index contributed by atoms with van der Waals surface area (Å²) in [6.07, 6.45) is 3.15. The second-order valence-electron chi connectivity index (χ2n) is 6.84. The second kappa shape index (κ2) is 9.19. The van der Waals surface area contributed by atoms with E-state index < -0.39 is 5.97 Å². The molecule has 0 spiro atoms. The van der Waals surface area contributed by atoms with Crippen LogP contribution in [0.4, 0.5) is 5.69 Å². The van der Waals surface area contributed by atoms with E-state index in [1.54, 1.807) is 6.34 Å². The van der Waals surface area contributed by atoms with E-state index in [0.717, 1.165) is 28.9 Å². The largest absolute Gasteiger partial charge is 0.455 e. The number of aliphatic imine (C=N–C) groups is 1. The molecule has 1 heterocycles. The minimum atomic E-state index is -0.395. The van der Waals surface area contributed by atoms with Crippen LogP contribution in [0, 0.1) is 13.8 Å². The van der Waals surface area contributed by atoms with Gasteiger partial charge in [-0.2, -0.15) is 0 Å². The lowest BCUT2D eigenvalue weighted by molar-refractivity contribution is 0.0467. The van der Waals surface area contributed by atoms with Gasteiger partial charge in [-0.3, -0.25) is 0 Å². The molecular formula is C23H25N3O3. The Kier molecular flexibility index (Phi) is 6.44. The Morgan fingerprint density at radius 2 is 1.97 bits per heavy atom. The van der Waals surface area contributed by atoms with Gasteiger partial charge in [0.15, 0.2) is 12.2 Å². The lowest BCUT2D eigenvalue weighted by Gasteiger charge is -2.11. The van der Waals surface area contributed by atoms with Crippen molar-refractivity contribution < 1.29 is 13.9 Å². The first-order valence-electron chi connectivity index (χ1n) is 9.50. The maximum absolute atomic E-state index is 12.7. The number of hydrogen-bond acceptors (Lipinski definition) is 5. The van der Waals surface area contributed by atoms with Crippen LogP contribution in [0.1, 0.15) is 34.1 Å². The lowest BCUT2D eigenvalue weighted by atomic mass is 10.0. The fraction of sp³-hybridized carbons (Fsp3) is 0.261.